The molecule has 0 bridgehead atoms. The molecule has 0 amide bonds. The van der Waals surface area contributed by atoms with E-state index in [4.69, 9.17) is 4.74 Å². The molecule has 1 saturated heterocycles. The van der Waals surface area contributed by atoms with Crippen molar-refractivity contribution in [1.29, 1.82) is 0 Å². The largest absolute Gasteiger partial charge is 0.377 e. The first-order valence-electron chi connectivity index (χ1n) is 6.72. The Bertz CT molecular complexity index is 167. The van der Waals surface area contributed by atoms with Crippen LogP contribution in [0.5, 0.6) is 0 Å². The predicted octanol–water partition coefficient (Wildman–Crippen LogP) is 1.88. The van der Waals surface area contributed by atoms with Crippen LogP contribution in [0.1, 0.15) is 39.5 Å². The van der Waals surface area contributed by atoms with Crippen LogP contribution < -0.4 is 5.32 Å². The van der Waals surface area contributed by atoms with E-state index in [0.29, 0.717) is 12.1 Å². The Labute approximate surface area is 101 Å². The summed E-state index contributed by atoms with van der Waals surface area (Å²) in [7, 11) is 2.21. The van der Waals surface area contributed by atoms with E-state index in [1.807, 2.05) is 0 Å². The van der Waals surface area contributed by atoms with Gasteiger partial charge >= 0.3 is 0 Å². The maximum absolute atomic E-state index is 5.63. The van der Waals surface area contributed by atoms with Gasteiger partial charge in [-0.25, -0.2) is 0 Å². The zero-order valence-corrected chi connectivity index (χ0v) is 11.2. The second-order valence-corrected chi connectivity index (χ2v) is 5.21. The fourth-order valence-corrected chi connectivity index (χ4v) is 2.12. The molecule has 1 fully saturated rings. The van der Waals surface area contributed by atoms with E-state index in [1.165, 1.54) is 32.2 Å². The number of rotatable bonds is 8. The lowest BCUT2D eigenvalue weighted by atomic mass is 10.2. The first-order valence-corrected chi connectivity index (χ1v) is 6.72. The summed E-state index contributed by atoms with van der Waals surface area (Å²) in [6.07, 6.45) is 5.55. The highest BCUT2D eigenvalue weighted by Crippen LogP contribution is 2.12. The van der Waals surface area contributed by atoms with Crippen molar-refractivity contribution >= 4 is 0 Å². The van der Waals surface area contributed by atoms with Gasteiger partial charge in [0.05, 0.1) is 6.10 Å². The van der Waals surface area contributed by atoms with Crippen LogP contribution in [-0.4, -0.2) is 50.3 Å². The average molecular weight is 228 g/mol. The van der Waals surface area contributed by atoms with Crippen molar-refractivity contribution in [1.82, 2.24) is 10.2 Å². The average Bonchev–Trinajstić information content (AvgIpc) is 2.69. The topological polar surface area (TPSA) is 24.5 Å². The molecule has 16 heavy (non-hydrogen) atoms. The monoisotopic (exact) mass is 228 g/mol. The van der Waals surface area contributed by atoms with E-state index in [-0.39, 0.29) is 0 Å². The molecule has 3 heteroatoms. The standard InChI is InChI=1S/C13H28N2O/c1-12(2)14-8-4-5-9-15(3)11-13-7-6-10-16-13/h12-14H,4-11H2,1-3H3. The zero-order chi connectivity index (χ0) is 11.8. The maximum Gasteiger partial charge on any atom is 0.0702 e. The fraction of sp³-hybridized carbons (Fsp3) is 1.00. The molecule has 3 nitrogen and oxygen atoms in total. The van der Waals surface area contributed by atoms with Gasteiger partial charge in [-0.15, -0.1) is 0 Å². The van der Waals surface area contributed by atoms with Crippen molar-refractivity contribution in [2.75, 3.05) is 33.3 Å². The van der Waals surface area contributed by atoms with Gasteiger partial charge in [0.2, 0.25) is 0 Å². The molecular formula is C13H28N2O. The van der Waals surface area contributed by atoms with E-state index >= 15 is 0 Å². The smallest absolute Gasteiger partial charge is 0.0702 e. The third kappa shape index (κ3) is 6.46. The molecule has 1 N–H and O–H groups in total. The molecule has 0 spiro atoms. The highest BCUT2D eigenvalue weighted by molar-refractivity contribution is 4.68. The van der Waals surface area contributed by atoms with Crippen molar-refractivity contribution in [3.8, 4) is 0 Å². The Morgan fingerprint density at radius 3 is 2.81 bits per heavy atom. The molecule has 0 aromatic rings. The second kappa shape index (κ2) is 8.04. The molecule has 1 aliphatic rings. The molecule has 0 radical (unpaired) electrons. The van der Waals surface area contributed by atoms with E-state index in [9.17, 15) is 0 Å². The van der Waals surface area contributed by atoms with E-state index in [1.54, 1.807) is 0 Å². The minimum atomic E-state index is 0.499. The van der Waals surface area contributed by atoms with Gasteiger partial charge in [0.15, 0.2) is 0 Å². The van der Waals surface area contributed by atoms with Crippen molar-refractivity contribution in [3.63, 3.8) is 0 Å². The lowest BCUT2D eigenvalue weighted by molar-refractivity contribution is 0.0808. The number of ether oxygens (including phenoxy) is 1. The fourth-order valence-electron chi connectivity index (χ4n) is 2.12. The molecule has 0 saturated carbocycles. The van der Waals surface area contributed by atoms with Crippen molar-refractivity contribution in [2.24, 2.45) is 0 Å². The van der Waals surface area contributed by atoms with Crippen LogP contribution in [0.3, 0.4) is 0 Å². The molecule has 0 aromatic heterocycles. The number of unbranched alkanes of at least 4 members (excludes halogenated alkanes) is 1. The Morgan fingerprint density at radius 2 is 2.19 bits per heavy atom. The molecule has 0 aliphatic carbocycles. The highest BCUT2D eigenvalue weighted by atomic mass is 16.5. The second-order valence-electron chi connectivity index (χ2n) is 5.21. The predicted molar refractivity (Wildman–Crippen MR) is 68.8 cm³/mol. The van der Waals surface area contributed by atoms with Crippen LogP contribution in [-0.2, 0) is 4.74 Å². The first kappa shape index (κ1) is 13.9. The van der Waals surface area contributed by atoms with Gasteiger partial charge in [0.25, 0.3) is 0 Å². The summed E-state index contributed by atoms with van der Waals surface area (Å²) in [5.41, 5.74) is 0. The molecule has 0 aromatic carbocycles. The number of nitrogens with zero attached hydrogens (tertiary/aromatic N) is 1. The molecule has 1 rings (SSSR count). The van der Waals surface area contributed by atoms with Gasteiger partial charge in [-0.05, 0) is 45.8 Å². The van der Waals surface area contributed by atoms with Gasteiger partial charge in [0.1, 0.15) is 0 Å². The Balaban J connectivity index is 1.91. The Hall–Kier alpha value is -0.120. The quantitative estimate of drug-likeness (QED) is 0.642. The normalized spacial score (nSPS) is 21.2. The summed E-state index contributed by atoms with van der Waals surface area (Å²) in [6.45, 7) is 8.81. The summed E-state index contributed by atoms with van der Waals surface area (Å²) >= 11 is 0. The number of likely N-dealkylation sites (N-methyl/N-ethyl adjacent to an activating group) is 1. The summed E-state index contributed by atoms with van der Waals surface area (Å²) in [5, 5.41) is 3.45. The van der Waals surface area contributed by atoms with E-state index < -0.39 is 0 Å². The lowest BCUT2D eigenvalue weighted by Gasteiger charge is -2.20. The molecule has 1 atom stereocenters. The lowest BCUT2D eigenvalue weighted by Crippen LogP contribution is -2.30. The van der Waals surface area contributed by atoms with Crippen molar-refractivity contribution in [3.05, 3.63) is 0 Å². The molecule has 1 heterocycles. The van der Waals surface area contributed by atoms with Gasteiger partial charge < -0.3 is 15.0 Å². The van der Waals surface area contributed by atoms with Gasteiger partial charge in [-0.2, -0.15) is 0 Å². The van der Waals surface area contributed by atoms with Crippen LogP contribution in [0, 0.1) is 0 Å². The minimum absolute atomic E-state index is 0.499. The van der Waals surface area contributed by atoms with Crippen LogP contribution in [0.2, 0.25) is 0 Å². The number of hydrogen-bond donors (Lipinski definition) is 1. The van der Waals surface area contributed by atoms with Crippen LogP contribution >= 0.6 is 0 Å². The van der Waals surface area contributed by atoms with Crippen LogP contribution in [0.4, 0.5) is 0 Å². The summed E-state index contributed by atoms with van der Waals surface area (Å²) in [5.74, 6) is 0. The molecule has 96 valence electrons. The molecular weight excluding hydrogens is 200 g/mol. The Kier molecular flexibility index (Phi) is 7.01. The molecule has 1 aliphatic heterocycles. The maximum atomic E-state index is 5.63. The van der Waals surface area contributed by atoms with Crippen LogP contribution in [0.25, 0.3) is 0 Å². The van der Waals surface area contributed by atoms with Gasteiger partial charge in [-0.3, -0.25) is 0 Å². The summed E-state index contributed by atoms with van der Waals surface area (Å²) in [6, 6.07) is 0.615. The van der Waals surface area contributed by atoms with Gasteiger partial charge in [0, 0.05) is 19.2 Å². The first-order chi connectivity index (χ1) is 7.68. The minimum Gasteiger partial charge on any atom is -0.377 e. The van der Waals surface area contributed by atoms with E-state index in [2.05, 4.69) is 31.1 Å². The molecule has 1 unspecified atom stereocenters. The SMILES string of the molecule is CC(C)NCCCCN(C)CC1CCCO1. The Morgan fingerprint density at radius 1 is 1.38 bits per heavy atom. The highest BCUT2D eigenvalue weighted by Gasteiger charge is 2.16. The summed E-state index contributed by atoms with van der Waals surface area (Å²) < 4.78 is 5.63. The van der Waals surface area contributed by atoms with Crippen molar-refractivity contribution in [2.45, 2.75) is 51.7 Å². The zero-order valence-electron chi connectivity index (χ0n) is 11.2. The number of hydrogen-bond acceptors (Lipinski definition) is 3. The van der Waals surface area contributed by atoms with Crippen LogP contribution in [0.15, 0.2) is 0 Å². The van der Waals surface area contributed by atoms with Crippen molar-refractivity contribution < 1.29 is 4.74 Å². The summed E-state index contributed by atoms with van der Waals surface area (Å²) in [4.78, 5) is 2.41. The van der Waals surface area contributed by atoms with Gasteiger partial charge in [-0.1, -0.05) is 13.8 Å². The number of nitrogens with one attached hydrogen (secondary N) is 1. The third-order valence-electron chi connectivity index (χ3n) is 3.06. The third-order valence-corrected chi connectivity index (χ3v) is 3.06. The van der Waals surface area contributed by atoms with E-state index in [0.717, 1.165) is 19.7 Å².